The number of likely N-dealkylation sites (tertiary alicyclic amines) is 1. The molecule has 1 unspecified atom stereocenters. The molecule has 9 amide bonds. The van der Waals surface area contributed by atoms with Crippen LogP contribution in [0.5, 0.6) is 0 Å². The van der Waals surface area contributed by atoms with Gasteiger partial charge >= 0.3 is 25.2 Å². The van der Waals surface area contributed by atoms with Crippen molar-refractivity contribution in [1.29, 1.82) is 0 Å². The lowest BCUT2D eigenvalue weighted by Crippen LogP contribution is -2.62. The molecule has 3 aromatic carbocycles. The number of nitrogens with zero attached hydrogens (tertiary/aromatic N) is 4. The number of imide groups is 1. The minimum Gasteiger partial charge on any atom is -0.481 e. The highest BCUT2D eigenvalue weighted by Gasteiger charge is 2.56. The van der Waals surface area contributed by atoms with E-state index in [9.17, 15) is 76.3 Å². The maximum Gasteiger partial charge on any atom is 0.404 e. The van der Waals surface area contributed by atoms with Gasteiger partial charge in [-0.1, -0.05) is 37.0 Å². The Morgan fingerprint density at radius 2 is 1.52 bits per heavy atom. The Hall–Kier alpha value is -8.62. The van der Waals surface area contributed by atoms with Gasteiger partial charge in [0, 0.05) is 85.8 Å². The van der Waals surface area contributed by atoms with E-state index < -0.39 is 150 Å². The molecule has 4 saturated heterocycles. The number of hydrogen-bond donors (Lipinski definition) is 7. The van der Waals surface area contributed by atoms with E-state index in [1.165, 1.54) is 55.7 Å². The molecule has 5 aliphatic heterocycles. The van der Waals surface area contributed by atoms with Crippen LogP contribution >= 0.6 is 18.9 Å². The van der Waals surface area contributed by atoms with Crippen molar-refractivity contribution in [2.45, 2.75) is 173 Å². The Labute approximate surface area is 584 Å². The number of fused-ring (bicyclic) bond motifs is 3. The van der Waals surface area contributed by atoms with E-state index in [0.717, 1.165) is 35.6 Å². The van der Waals surface area contributed by atoms with Crippen LogP contribution in [0.15, 0.2) is 60.7 Å². The SMILES string of the molecule is CCN1CC[C@H]2CC[C@@H](C(=O)N[C@@H](CCC(N)=O)C(=O)N[C@@H](Cc3ccc(F)c(F)c3)C(=O)N3CCC(CCC#Cc4cccc5c4CN(C4CCC(=O)NC4=O)C5=O)CC3)N2C(=O)[C@@H](NC(=O)c2cc3cc(C(F)(F)P(=O)(OCCC(C)(C)C(=O)O)OCCC(C)(C)C(=O)O)ccc3s2)C1. The summed E-state index contributed by atoms with van der Waals surface area (Å²) in [5, 5.41) is 29.8. The Bertz CT molecular complexity index is 3980. The quantitative estimate of drug-likeness (QED) is 0.0131. The van der Waals surface area contributed by atoms with Crippen molar-refractivity contribution in [3.05, 3.63) is 105 Å². The van der Waals surface area contributed by atoms with Crippen LogP contribution in [0.3, 0.4) is 0 Å². The number of carboxylic acids is 2. The minimum atomic E-state index is -5.56. The standard InChI is InChI=1S/C70H84F4N9O16PS/c1-6-80-29-26-45-16-19-54(83(45)65(92)52(39-80)78-62(89)56-37-43-36-44(15-21-55(43)101-56)70(73,74)100(97,98-32-27-68(2,3)66(93)94)99-33-28-69(4,5)67(95)96)61(88)76-50(18-22-57(75)84)59(86)77-51(35-41-14-17-48(71)49(72)34-41)64(91)81-30-24-40(25-31-81)10-7-8-11-42-12-9-13-46-47(42)38-82(63(46)90)53-20-23-58(85)79-60(53)87/h9,12-15,17,21,34,36-37,40,45,50-54H,6-7,10,16,18-20,22-33,35,38-39H2,1-5H3,(H2,75,84)(H,76,88)(H,77,86)(H,78,89)(H,93,94)(H,95,96)(H,79,85,87)/t45-,50+,51+,52+,53?,54+/m1/s1. The van der Waals surface area contributed by atoms with Gasteiger partial charge in [0.05, 0.1) is 28.9 Å². The van der Waals surface area contributed by atoms with Crippen LogP contribution in [-0.4, -0.2) is 177 Å². The van der Waals surface area contributed by atoms with Crippen molar-refractivity contribution in [2.24, 2.45) is 22.5 Å². The molecule has 6 atom stereocenters. The second-order valence-electron chi connectivity index (χ2n) is 27.6. The second-order valence-corrected chi connectivity index (χ2v) is 30.7. The average Bonchev–Trinajstić information content (AvgIpc) is 1.75. The Morgan fingerprint density at radius 1 is 0.832 bits per heavy atom. The number of carboxylic acid groups (broad SMARTS) is 2. The molecule has 0 aliphatic carbocycles. The molecule has 4 aromatic rings. The summed E-state index contributed by atoms with van der Waals surface area (Å²) in [6.45, 7) is 7.18. The summed E-state index contributed by atoms with van der Waals surface area (Å²) in [4.78, 5) is 153. The fraction of sp³-hybridized carbons (Fsp3) is 0.529. The van der Waals surface area contributed by atoms with E-state index in [2.05, 4.69) is 33.1 Å². The van der Waals surface area contributed by atoms with Gasteiger partial charge < -0.3 is 60.5 Å². The molecular formula is C70H84F4N9O16PS. The van der Waals surface area contributed by atoms with Gasteiger partial charge in [0.2, 0.25) is 41.4 Å². The van der Waals surface area contributed by atoms with Gasteiger partial charge in [-0.3, -0.25) is 62.6 Å². The monoisotopic (exact) mass is 1450 g/mol. The van der Waals surface area contributed by atoms with Gasteiger partial charge in [-0.25, -0.2) is 8.78 Å². The Kier molecular flexibility index (Phi) is 24.4. The topological polar surface area (TPSA) is 351 Å². The number of likely N-dealkylation sites (N-methyl/N-ethyl adjacent to an activating group) is 1. The van der Waals surface area contributed by atoms with Crippen LogP contribution in [0.2, 0.25) is 0 Å². The third-order valence-corrected chi connectivity index (χ3v) is 22.8. The number of piperidine rings is 2. The highest BCUT2D eigenvalue weighted by Crippen LogP contribution is 2.67. The first kappa shape index (κ1) is 76.6. The molecule has 101 heavy (non-hydrogen) atoms. The normalized spacial score (nSPS) is 20.0. The van der Waals surface area contributed by atoms with Gasteiger partial charge in [0.25, 0.3) is 11.8 Å². The molecule has 8 N–H and O–H groups in total. The van der Waals surface area contributed by atoms with E-state index in [0.29, 0.717) is 73.0 Å². The van der Waals surface area contributed by atoms with Gasteiger partial charge in [0.15, 0.2) is 11.6 Å². The summed E-state index contributed by atoms with van der Waals surface area (Å²) in [5.41, 5.74) is -0.720. The maximum atomic E-state index is 16.7. The number of amides is 9. The van der Waals surface area contributed by atoms with E-state index in [1.54, 1.807) is 23.1 Å². The highest BCUT2D eigenvalue weighted by atomic mass is 32.1. The van der Waals surface area contributed by atoms with Gasteiger partial charge in [-0.05, 0) is 163 Å². The summed E-state index contributed by atoms with van der Waals surface area (Å²) < 4.78 is 87.5. The molecule has 9 rings (SSSR count). The van der Waals surface area contributed by atoms with Crippen molar-refractivity contribution in [2.75, 3.05) is 45.9 Å². The predicted molar refractivity (Wildman–Crippen MR) is 359 cm³/mol. The molecule has 0 saturated carbocycles. The summed E-state index contributed by atoms with van der Waals surface area (Å²) in [7, 11) is -5.56. The predicted octanol–water partition coefficient (Wildman–Crippen LogP) is 6.95. The molecular weight excluding hydrogens is 1360 g/mol. The third kappa shape index (κ3) is 18.0. The van der Waals surface area contributed by atoms with Crippen molar-refractivity contribution in [1.82, 2.24) is 40.9 Å². The zero-order valence-electron chi connectivity index (χ0n) is 56.7. The zero-order chi connectivity index (χ0) is 73.5. The van der Waals surface area contributed by atoms with Crippen LogP contribution in [0, 0.1) is 40.2 Å². The number of hydrogen-bond acceptors (Lipinski definition) is 16. The number of alkyl halides is 2. The molecule has 0 spiro atoms. The van der Waals surface area contributed by atoms with E-state index in [1.807, 2.05) is 11.8 Å². The highest BCUT2D eigenvalue weighted by molar-refractivity contribution is 7.54. The summed E-state index contributed by atoms with van der Waals surface area (Å²) in [6, 6.07) is 5.95. The first-order valence-corrected chi connectivity index (χ1v) is 36.1. The number of carbonyl (C=O) groups is 11. The lowest BCUT2D eigenvalue weighted by atomic mass is 9.90. The fourth-order valence-electron chi connectivity index (χ4n) is 13.1. The lowest BCUT2D eigenvalue weighted by molar-refractivity contribution is -0.148. The van der Waals surface area contributed by atoms with Crippen LogP contribution in [0.4, 0.5) is 17.6 Å². The summed E-state index contributed by atoms with van der Waals surface area (Å²) in [5.74, 6) is -4.16. The van der Waals surface area contributed by atoms with E-state index >= 15 is 8.78 Å². The van der Waals surface area contributed by atoms with Crippen molar-refractivity contribution in [3.8, 4) is 11.8 Å². The van der Waals surface area contributed by atoms with Crippen molar-refractivity contribution >= 4 is 94.1 Å². The molecule has 6 heterocycles. The summed E-state index contributed by atoms with van der Waals surface area (Å²) >= 11 is 0.888. The van der Waals surface area contributed by atoms with Crippen LogP contribution in [0.25, 0.3) is 10.1 Å². The molecule has 5 aliphatic rings. The number of aliphatic carboxylic acids is 2. The van der Waals surface area contributed by atoms with Gasteiger partial charge in [0.1, 0.15) is 30.2 Å². The minimum absolute atomic E-state index is 0.0237. The average molecular weight is 1450 g/mol. The largest absolute Gasteiger partial charge is 0.481 e. The number of nitrogens with one attached hydrogen (secondary N) is 4. The van der Waals surface area contributed by atoms with E-state index in [-0.39, 0.29) is 105 Å². The third-order valence-electron chi connectivity index (χ3n) is 19.7. The van der Waals surface area contributed by atoms with Gasteiger partial charge in [-0.2, -0.15) is 8.78 Å². The fourth-order valence-corrected chi connectivity index (χ4v) is 15.5. The number of benzene rings is 3. The molecule has 25 nitrogen and oxygen atoms in total. The number of primary amides is 1. The molecule has 544 valence electrons. The lowest BCUT2D eigenvalue weighted by Gasteiger charge is -2.38. The molecule has 31 heteroatoms. The molecule has 0 radical (unpaired) electrons. The van der Waals surface area contributed by atoms with Crippen molar-refractivity contribution in [3.63, 3.8) is 0 Å². The first-order valence-electron chi connectivity index (χ1n) is 33.7. The van der Waals surface area contributed by atoms with Crippen LogP contribution in [0.1, 0.15) is 160 Å². The van der Waals surface area contributed by atoms with Crippen molar-refractivity contribution < 1.29 is 94.1 Å². The Morgan fingerprint density at radius 3 is 2.17 bits per heavy atom. The summed E-state index contributed by atoms with van der Waals surface area (Å²) in [6.07, 6.45) is 1.61. The zero-order valence-corrected chi connectivity index (χ0v) is 58.4. The number of carbonyl (C=O) groups excluding carboxylic acids is 9. The van der Waals surface area contributed by atoms with Crippen LogP contribution < -0.4 is 27.0 Å². The van der Waals surface area contributed by atoms with E-state index in [4.69, 9.17) is 14.8 Å². The number of rotatable bonds is 28. The smallest absolute Gasteiger partial charge is 0.404 e. The molecule has 4 fully saturated rings. The molecule has 1 aromatic heterocycles. The number of nitrogens with two attached hydrogens (primary N) is 1. The first-order chi connectivity index (χ1) is 47.7. The van der Waals surface area contributed by atoms with Gasteiger partial charge in [-0.15, -0.1) is 11.3 Å². The Balaban J connectivity index is 0.864. The second kappa shape index (κ2) is 32.1. The maximum absolute atomic E-state index is 16.7. The number of halogens is 4. The number of thiophene rings is 1. The van der Waals surface area contributed by atoms with Crippen LogP contribution in [-0.2, 0) is 75.4 Å². The molecule has 0 bridgehead atoms.